The van der Waals surface area contributed by atoms with Crippen LogP contribution in [0.5, 0.6) is 0 Å². The van der Waals surface area contributed by atoms with Gasteiger partial charge in [-0.15, -0.1) is 0 Å². The summed E-state index contributed by atoms with van der Waals surface area (Å²) < 4.78 is 26.2. The molecule has 12 heavy (non-hydrogen) atoms. The molecule has 0 aromatic heterocycles. The van der Waals surface area contributed by atoms with Gasteiger partial charge in [-0.25, -0.2) is 8.78 Å². The van der Waals surface area contributed by atoms with Crippen LogP contribution in [0.1, 0.15) is 12.8 Å². The molecular weight excluding hydrogens is 228 g/mol. The van der Waals surface area contributed by atoms with Crippen LogP contribution in [0.15, 0.2) is 0 Å². The van der Waals surface area contributed by atoms with Crippen LogP contribution >= 0.6 is 15.9 Å². The van der Waals surface area contributed by atoms with E-state index in [9.17, 15) is 8.78 Å². The molecule has 72 valence electrons. The highest BCUT2D eigenvalue weighted by Gasteiger charge is 2.39. The lowest BCUT2D eigenvalue weighted by molar-refractivity contribution is -0.0542. The maximum absolute atomic E-state index is 13.1. The Morgan fingerprint density at radius 3 is 2.33 bits per heavy atom. The first kappa shape index (κ1) is 10.4. The van der Waals surface area contributed by atoms with Gasteiger partial charge in [0, 0.05) is 5.92 Å². The van der Waals surface area contributed by atoms with E-state index in [0.717, 1.165) is 13.1 Å². The van der Waals surface area contributed by atoms with Crippen molar-refractivity contribution in [2.24, 2.45) is 5.92 Å². The second-order valence-corrected chi connectivity index (χ2v) is 4.03. The van der Waals surface area contributed by atoms with Crippen LogP contribution in [0.25, 0.3) is 0 Å². The van der Waals surface area contributed by atoms with Crippen molar-refractivity contribution in [3.63, 3.8) is 0 Å². The summed E-state index contributed by atoms with van der Waals surface area (Å²) in [5, 5.41) is -0.200. The van der Waals surface area contributed by atoms with Crippen LogP contribution in [0.2, 0.25) is 0 Å². The van der Waals surface area contributed by atoms with E-state index in [4.69, 9.17) is 0 Å². The third kappa shape index (κ3) is 2.39. The van der Waals surface area contributed by atoms with Crippen molar-refractivity contribution >= 4 is 15.9 Å². The highest BCUT2D eigenvalue weighted by molar-refractivity contribution is 9.09. The summed E-state index contributed by atoms with van der Waals surface area (Å²) in [5.74, 6) is -2.94. The SMILES string of the molecule is CN1CCC(C(F)(F)CBr)CC1. The lowest BCUT2D eigenvalue weighted by atomic mass is 9.92. The summed E-state index contributed by atoms with van der Waals surface area (Å²) in [6.07, 6.45) is 1.24. The topological polar surface area (TPSA) is 3.24 Å². The smallest absolute Gasteiger partial charge is 0.260 e. The second kappa shape index (κ2) is 4.01. The zero-order valence-corrected chi connectivity index (χ0v) is 8.78. The number of hydrogen-bond donors (Lipinski definition) is 0. The minimum absolute atomic E-state index is 0.200. The molecule has 1 nitrogen and oxygen atoms in total. The summed E-state index contributed by atoms with van der Waals surface area (Å²) in [6, 6.07) is 0. The van der Waals surface area contributed by atoms with Crippen LogP contribution in [0.3, 0.4) is 0 Å². The molecule has 0 N–H and O–H groups in total. The molecule has 1 rings (SSSR count). The van der Waals surface area contributed by atoms with Gasteiger partial charge in [0.2, 0.25) is 0 Å². The van der Waals surface area contributed by atoms with Crippen molar-refractivity contribution in [2.45, 2.75) is 18.8 Å². The molecule has 1 saturated heterocycles. The van der Waals surface area contributed by atoms with Crippen molar-refractivity contribution in [3.05, 3.63) is 0 Å². The number of hydrogen-bond acceptors (Lipinski definition) is 1. The third-order valence-corrected chi connectivity index (χ3v) is 3.24. The quantitative estimate of drug-likeness (QED) is 0.672. The fraction of sp³-hybridized carbons (Fsp3) is 1.00. The van der Waals surface area contributed by atoms with Gasteiger partial charge in [-0.2, -0.15) is 0 Å². The molecule has 1 aliphatic rings. The van der Waals surface area contributed by atoms with Crippen molar-refractivity contribution in [1.29, 1.82) is 0 Å². The molecule has 0 saturated carbocycles. The predicted molar refractivity (Wildman–Crippen MR) is 49.0 cm³/mol. The maximum atomic E-state index is 13.1. The normalized spacial score (nSPS) is 23.0. The summed E-state index contributed by atoms with van der Waals surface area (Å²) >= 11 is 2.86. The molecule has 4 heteroatoms. The molecule has 0 spiro atoms. The van der Waals surface area contributed by atoms with Gasteiger partial charge in [-0.1, -0.05) is 15.9 Å². The summed E-state index contributed by atoms with van der Waals surface area (Å²) in [6.45, 7) is 1.60. The van der Waals surface area contributed by atoms with Crippen molar-refractivity contribution < 1.29 is 8.78 Å². The van der Waals surface area contributed by atoms with Crippen molar-refractivity contribution in [1.82, 2.24) is 4.90 Å². The van der Waals surface area contributed by atoms with Gasteiger partial charge in [-0.05, 0) is 33.0 Å². The van der Waals surface area contributed by atoms with E-state index in [2.05, 4.69) is 20.8 Å². The fourth-order valence-electron chi connectivity index (χ4n) is 1.54. The average molecular weight is 242 g/mol. The van der Waals surface area contributed by atoms with Gasteiger partial charge in [-0.3, -0.25) is 0 Å². The standard InChI is InChI=1S/C8H14BrF2N/c1-12-4-2-7(3-5-12)8(10,11)6-9/h7H,2-6H2,1H3. The van der Waals surface area contributed by atoms with E-state index in [1.165, 1.54) is 0 Å². The predicted octanol–water partition coefficient (Wildman–Crippen LogP) is 2.36. The van der Waals surface area contributed by atoms with Crippen LogP contribution in [0.4, 0.5) is 8.78 Å². The largest absolute Gasteiger partial charge is 0.306 e. The summed E-state index contributed by atoms with van der Waals surface area (Å²) in [4.78, 5) is 2.10. The van der Waals surface area contributed by atoms with Crippen LogP contribution in [-0.2, 0) is 0 Å². The Balaban J connectivity index is 2.44. The number of likely N-dealkylation sites (tertiary alicyclic amines) is 1. The van der Waals surface area contributed by atoms with Gasteiger partial charge in [0.1, 0.15) is 0 Å². The Labute approximate surface area is 80.2 Å². The Kier molecular flexibility index (Phi) is 3.47. The Bertz CT molecular complexity index is 144. The zero-order valence-electron chi connectivity index (χ0n) is 7.19. The lowest BCUT2D eigenvalue weighted by Gasteiger charge is -2.33. The van der Waals surface area contributed by atoms with E-state index >= 15 is 0 Å². The van der Waals surface area contributed by atoms with Gasteiger partial charge in [0.25, 0.3) is 5.92 Å². The Morgan fingerprint density at radius 1 is 1.42 bits per heavy atom. The first-order chi connectivity index (χ1) is 5.56. The molecule has 1 aliphatic heterocycles. The Morgan fingerprint density at radius 2 is 1.92 bits per heavy atom. The monoisotopic (exact) mass is 241 g/mol. The van der Waals surface area contributed by atoms with Crippen molar-refractivity contribution in [2.75, 3.05) is 25.5 Å². The highest BCUT2D eigenvalue weighted by atomic mass is 79.9. The summed E-state index contributed by atoms with van der Waals surface area (Å²) in [7, 11) is 1.97. The maximum Gasteiger partial charge on any atom is 0.260 e. The number of rotatable bonds is 2. The molecule has 0 aliphatic carbocycles. The fourth-order valence-corrected chi connectivity index (χ4v) is 2.00. The van der Waals surface area contributed by atoms with Crippen LogP contribution < -0.4 is 0 Å². The van der Waals surface area contributed by atoms with Gasteiger partial charge in [0.05, 0.1) is 5.33 Å². The summed E-state index contributed by atoms with van der Waals surface area (Å²) in [5.41, 5.74) is 0. The van der Waals surface area contributed by atoms with E-state index < -0.39 is 11.8 Å². The van der Waals surface area contributed by atoms with Crippen LogP contribution in [0, 0.1) is 5.92 Å². The second-order valence-electron chi connectivity index (χ2n) is 3.47. The van der Waals surface area contributed by atoms with Gasteiger partial charge < -0.3 is 4.90 Å². The van der Waals surface area contributed by atoms with Crippen LogP contribution in [-0.4, -0.2) is 36.3 Å². The number of halogens is 3. The van der Waals surface area contributed by atoms with Crippen molar-refractivity contribution in [3.8, 4) is 0 Å². The Hall–Kier alpha value is 0.300. The zero-order chi connectivity index (χ0) is 9.19. The first-order valence-electron chi connectivity index (χ1n) is 4.18. The molecule has 1 heterocycles. The number of piperidine rings is 1. The number of alkyl halides is 3. The molecule has 0 bridgehead atoms. The molecular formula is C8H14BrF2N. The minimum atomic E-state index is -2.51. The first-order valence-corrected chi connectivity index (χ1v) is 5.31. The highest BCUT2D eigenvalue weighted by Crippen LogP contribution is 2.33. The molecule has 0 atom stereocenters. The molecule has 0 aromatic carbocycles. The van der Waals surface area contributed by atoms with E-state index in [-0.39, 0.29) is 5.33 Å². The van der Waals surface area contributed by atoms with E-state index in [1.807, 2.05) is 7.05 Å². The number of nitrogens with zero attached hydrogens (tertiary/aromatic N) is 1. The van der Waals surface area contributed by atoms with Gasteiger partial charge >= 0.3 is 0 Å². The molecule has 0 radical (unpaired) electrons. The molecule has 0 amide bonds. The average Bonchev–Trinajstić information content (AvgIpc) is 2.05. The minimum Gasteiger partial charge on any atom is -0.306 e. The van der Waals surface area contributed by atoms with Gasteiger partial charge in [0.15, 0.2) is 0 Å². The van der Waals surface area contributed by atoms with E-state index in [0.29, 0.717) is 12.8 Å². The third-order valence-electron chi connectivity index (χ3n) is 2.49. The van der Waals surface area contributed by atoms with E-state index in [1.54, 1.807) is 0 Å². The molecule has 1 fully saturated rings. The lowest BCUT2D eigenvalue weighted by Crippen LogP contribution is -2.39. The molecule has 0 unspecified atom stereocenters. The molecule has 0 aromatic rings.